The Kier molecular flexibility index (Phi) is 4.67. The molecule has 19 heavy (non-hydrogen) atoms. The van der Waals surface area contributed by atoms with Gasteiger partial charge in [0.05, 0.1) is 5.56 Å². The third kappa shape index (κ3) is 3.32. The molecule has 1 amide bonds. The Bertz CT molecular complexity index is 492. The maximum atomic E-state index is 12.1. The van der Waals surface area contributed by atoms with Gasteiger partial charge in [-0.15, -0.1) is 0 Å². The lowest BCUT2D eigenvalue weighted by Crippen LogP contribution is -2.41. The first kappa shape index (κ1) is 15.2. The average molecular weight is 265 g/mol. The lowest BCUT2D eigenvalue weighted by atomic mass is 10.0. The van der Waals surface area contributed by atoms with E-state index in [0.717, 1.165) is 0 Å². The van der Waals surface area contributed by atoms with Gasteiger partial charge in [-0.05, 0) is 44.0 Å². The number of anilines is 1. The van der Waals surface area contributed by atoms with Crippen molar-refractivity contribution in [3.8, 4) is 0 Å². The topological polar surface area (TPSA) is 75.6 Å². The van der Waals surface area contributed by atoms with Crippen LogP contribution in [0.25, 0.3) is 0 Å². The molecule has 1 rings (SSSR count). The summed E-state index contributed by atoms with van der Waals surface area (Å²) in [5, 5.41) is 11.7. The van der Waals surface area contributed by atoms with Crippen LogP contribution in [0.15, 0.2) is 18.2 Å². The number of hydrogen-bond acceptors (Lipinski definition) is 3. The van der Waals surface area contributed by atoms with Gasteiger partial charge in [-0.3, -0.25) is 4.79 Å². The summed E-state index contributed by atoms with van der Waals surface area (Å²) in [4.78, 5) is 23.0. The smallest absolute Gasteiger partial charge is 0.335 e. The quantitative estimate of drug-likeness (QED) is 0.857. The van der Waals surface area contributed by atoms with Crippen LogP contribution in [-0.2, 0) is 9.53 Å². The minimum atomic E-state index is -0.981. The number of aryl methyl sites for hydroxylation is 1. The van der Waals surface area contributed by atoms with E-state index in [0.29, 0.717) is 17.7 Å². The fourth-order valence-electron chi connectivity index (χ4n) is 1.64. The van der Waals surface area contributed by atoms with Crippen LogP contribution in [0.3, 0.4) is 0 Å². The van der Waals surface area contributed by atoms with Crippen LogP contribution in [0, 0.1) is 6.92 Å². The van der Waals surface area contributed by atoms with Gasteiger partial charge in [0.1, 0.15) is 5.60 Å². The summed E-state index contributed by atoms with van der Waals surface area (Å²) in [5.41, 5.74) is 0.493. The van der Waals surface area contributed by atoms with Crippen LogP contribution in [-0.4, -0.2) is 29.7 Å². The molecule has 5 heteroatoms. The number of carbonyl (C=O) groups is 2. The Morgan fingerprint density at radius 3 is 2.47 bits per heavy atom. The van der Waals surface area contributed by atoms with Gasteiger partial charge in [-0.25, -0.2) is 4.79 Å². The number of amides is 1. The van der Waals surface area contributed by atoms with Crippen molar-refractivity contribution in [2.45, 2.75) is 32.8 Å². The van der Waals surface area contributed by atoms with E-state index in [-0.39, 0.29) is 11.5 Å². The Hall–Kier alpha value is -1.88. The minimum absolute atomic E-state index is 0.225. The highest BCUT2D eigenvalue weighted by molar-refractivity contribution is 5.98. The third-order valence-electron chi connectivity index (χ3n) is 3.32. The van der Waals surface area contributed by atoms with E-state index >= 15 is 0 Å². The number of carbonyl (C=O) groups excluding carboxylic acids is 1. The molecule has 0 bridgehead atoms. The largest absolute Gasteiger partial charge is 0.478 e. The number of methoxy groups -OCH3 is 1. The number of hydrogen-bond donors (Lipinski definition) is 2. The fraction of sp³-hybridized carbons (Fsp3) is 0.429. The number of rotatable bonds is 5. The SMILES string of the molecule is CCC(C)(OC)C(=O)Nc1ccc(C(=O)O)c(C)c1. The Morgan fingerprint density at radius 1 is 1.42 bits per heavy atom. The van der Waals surface area contributed by atoms with Crippen molar-refractivity contribution in [2.75, 3.05) is 12.4 Å². The van der Waals surface area contributed by atoms with Crippen LogP contribution in [0.4, 0.5) is 5.69 Å². The Labute approximate surface area is 112 Å². The van der Waals surface area contributed by atoms with Gasteiger partial charge in [0.2, 0.25) is 0 Å². The monoisotopic (exact) mass is 265 g/mol. The molecule has 0 saturated carbocycles. The second-order valence-corrected chi connectivity index (χ2v) is 4.58. The van der Waals surface area contributed by atoms with Crippen LogP contribution >= 0.6 is 0 Å². The summed E-state index contributed by atoms with van der Waals surface area (Å²) in [6, 6.07) is 4.68. The number of benzene rings is 1. The van der Waals surface area contributed by atoms with Crippen molar-refractivity contribution in [2.24, 2.45) is 0 Å². The molecule has 0 aliphatic carbocycles. The Morgan fingerprint density at radius 2 is 2.05 bits per heavy atom. The highest BCUT2D eigenvalue weighted by Crippen LogP contribution is 2.20. The van der Waals surface area contributed by atoms with Crippen LogP contribution in [0.2, 0.25) is 0 Å². The maximum absolute atomic E-state index is 12.1. The van der Waals surface area contributed by atoms with Crippen LogP contribution < -0.4 is 5.32 Å². The number of ether oxygens (including phenoxy) is 1. The second-order valence-electron chi connectivity index (χ2n) is 4.58. The van der Waals surface area contributed by atoms with E-state index in [4.69, 9.17) is 9.84 Å². The van der Waals surface area contributed by atoms with Gasteiger partial charge in [-0.1, -0.05) is 6.92 Å². The molecule has 0 heterocycles. The molecule has 0 fully saturated rings. The molecule has 0 aliphatic rings. The standard InChI is InChI=1S/C14H19NO4/c1-5-14(3,19-4)13(18)15-10-6-7-11(12(16)17)9(2)8-10/h6-8H,5H2,1-4H3,(H,15,18)(H,16,17). The lowest BCUT2D eigenvalue weighted by molar-refractivity contribution is -0.136. The van der Waals surface area contributed by atoms with Crippen molar-refractivity contribution in [3.05, 3.63) is 29.3 Å². The van der Waals surface area contributed by atoms with Gasteiger partial charge in [-0.2, -0.15) is 0 Å². The van der Waals surface area contributed by atoms with Crippen molar-refractivity contribution in [3.63, 3.8) is 0 Å². The van der Waals surface area contributed by atoms with Crippen LogP contribution in [0.5, 0.6) is 0 Å². The highest BCUT2D eigenvalue weighted by Gasteiger charge is 2.30. The zero-order valence-corrected chi connectivity index (χ0v) is 11.6. The first-order chi connectivity index (χ1) is 8.84. The number of nitrogens with one attached hydrogen (secondary N) is 1. The number of carboxylic acid groups (broad SMARTS) is 1. The van der Waals surface area contributed by atoms with Crippen LogP contribution in [0.1, 0.15) is 36.2 Å². The molecule has 5 nitrogen and oxygen atoms in total. The minimum Gasteiger partial charge on any atom is -0.478 e. The zero-order valence-electron chi connectivity index (χ0n) is 11.6. The molecule has 0 saturated heterocycles. The summed E-state index contributed by atoms with van der Waals surface area (Å²) in [6.45, 7) is 5.26. The van der Waals surface area contributed by atoms with Crippen molar-refractivity contribution < 1.29 is 19.4 Å². The molecular weight excluding hydrogens is 246 g/mol. The van der Waals surface area contributed by atoms with E-state index in [1.54, 1.807) is 26.0 Å². The molecule has 0 radical (unpaired) electrons. The van der Waals surface area contributed by atoms with Crippen molar-refractivity contribution >= 4 is 17.6 Å². The highest BCUT2D eigenvalue weighted by atomic mass is 16.5. The fourth-order valence-corrected chi connectivity index (χ4v) is 1.64. The summed E-state index contributed by atoms with van der Waals surface area (Å²) in [7, 11) is 1.49. The van der Waals surface area contributed by atoms with Crippen molar-refractivity contribution in [1.82, 2.24) is 0 Å². The molecule has 104 valence electrons. The molecule has 1 atom stereocenters. The van der Waals surface area contributed by atoms with E-state index in [2.05, 4.69) is 5.32 Å². The predicted octanol–water partition coefficient (Wildman–Crippen LogP) is 2.45. The van der Waals surface area contributed by atoms with Crippen molar-refractivity contribution in [1.29, 1.82) is 0 Å². The lowest BCUT2D eigenvalue weighted by Gasteiger charge is -2.25. The molecule has 1 unspecified atom stereocenters. The summed E-state index contributed by atoms with van der Waals surface area (Å²) in [6.07, 6.45) is 0.543. The maximum Gasteiger partial charge on any atom is 0.335 e. The van der Waals surface area contributed by atoms with E-state index < -0.39 is 11.6 Å². The summed E-state index contributed by atoms with van der Waals surface area (Å²) < 4.78 is 5.21. The Balaban J connectivity index is 2.92. The van der Waals surface area contributed by atoms with E-state index in [1.807, 2.05) is 6.92 Å². The predicted molar refractivity (Wildman–Crippen MR) is 72.5 cm³/mol. The summed E-state index contributed by atoms with van der Waals surface area (Å²) >= 11 is 0. The first-order valence-electron chi connectivity index (χ1n) is 6.04. The number of aromatic carboxylic acids is 1. The van der Waals surface area contributed by atoms with Gasteiger partial charge < -0.3 is 15.2 Å². The molecule has 2 N–H and O–H groups in total. The zero-order chi connectivity index (χ0) is 14.6. The molecule has 1 aromatic carbocycles. The van der Waals surface area contributed by atoms with Gasteiger partial charge >= 0.3 is 5.97 Å². The molecular formula is C14H19NO4. The van der Waals surface area contributed by atoms with E-state index in [1.165, 1.54) is 13.2 Å². The average Bonchev–Trinajstić information content (AvgIpc) is 2.37. The number of carboxylic acids is 1. The molecule has 0 aliphatic heterocycles. The molecule has 1 aromatic rings. The van der Waals surface area contributed by atoms with Gasteiger partial charge in [0, 0.05) is 12.8 Å². The second kappa shape index (κ2) is 5.84. The summed E-state index contributed by atoms with van der Waals surface area (Å²) in [5.74, 6) is -1.23. The molecule has 0 spiro atoms. The third-order valence-corrected chi connectivity index (χ3v) is 3.32. The van der Waals surface area contributed by atoms with Gasteiger partial charge in [0.15, 0.2) is 0 Å². The van der Waals surface area contributed by atoms with Gasteiger partial charge in [0.25, 0.3) is 5.91 Å². The molecule has 0 aromatic heterocycles. The van der Waals surface area contributed by atoms with E-state index in [9.17, 15) is 9.59 Å². The normalized spacial score (nSPS) is 13.7. The first-order valence-corrected chi connectivity index (χ1v) is 6.04.